The first-order chi connectivity index (χ1) is 12.4. The number of rotatable bonds is 6. The highest BCUT2D eigenvalue weighted by Gasteiger charge is 2.30. The zero-order valence-corrected chi connectivity index (χ0v) is 15.8. The molecule has 0 amide bonds. The molecule has 0 saturated heterocycles. The number of alkyl halides is 1. The van der Waals surface area contributed by atoms with Crippen molar-refractivity contribution in [2.45, 2.75) is 58.5 Å². The van der Waals surface area contributed by atoms with E-state index in [9.17, 15) is 9.18 Å². The van der Waals surface area contributed by atoms with Crippen LogP contribution >= 0.6 is 0 Å². The first-order valence-corrected chi connectivity index (χ1v) is 9.50. The second-order valence-corrected chi connectivity index (χ2v) is 7.42. The lowest BCUT2D eigenvalue weighted by Gasteiger charge is -2.27. The molecule has 1 aliphatic rings. The minimum absolute atomic E-state index is 0.0958. The Balaban J connectivity index is 2.17. The lowest BCUT2D eigenvalue weighted by Crippen LogP contribution is -2.23. The number of nitrogens with two attached hydrogens (primary N) is 1. The van der Waals surface area contributed by atoms with E-state index >= 15 is 0 Å². The molecule has 2 aromatic rings. The summed E-state index contributed by atoms with van der Waals surface area (Å²) >= 11 is 0. The van der Waals surface area contributed by atoms with E-state index in [1.807, 2.05) is 12.1 Å². The lowest BCUT2D eigenvalue weighted by molar-refractivity contribution is 0.0856. The Bertz CT molecular complexity index is 795. The standard InChI is InChI=1S/C22H27FN2O/c1-4-13(2)18-10-17(24)11-19(22(26)15-6-5-7-15)21(18)16-8-9-20(14(3)23)25-12-16/h8-15H,4-7,24H2,1-3H3. The van der Waals surface area contributed by atoms with Crippen LogP contribution in [-0.4, -0.2) is 10.8 Å². The van der Waals surface area contributed by atoms with E-state index in [4.69, 9.17) is 5.73 Å². The smallest absolute Gasteiger partial charge is 0.166 e. The first-order valence-electron chi connectivity index (χ1n) is 9.50. The zero-order valence-electron chi connectivity index (χ0n) is 15.8. The third-order valence-corrected chi connectivity index (χ3v) is 5.56. The van der Waals surface area contributed by atoms with Crippen LogP contribution in [0.2, 0.25) is 0 Å². The van der Waals surface area contributed by atoms with Crippen molar-refractivity contribution in [3.05, 3.63) is 47.3 Å². The molecule has 3 rings (SSSR count). The number of ketones is 1. The molecule has 0 aliphatic heterocycles. The molecule has 138 valence electrons. The molecule has 2 unspecified atom stereocenters. The van der Waals surface area contributed by atoms with Crippen molar-refractivity contribution in [3.63, 3.8) is 0 Å². The number of hydrogen-bond acceptors (Lipinski definition) is 3. The molecule has 0 spiro atoms. The van der Waals surface area contributed by atoms with Gasteiger partial charge in [-0.15, -0.1) is 0 Å². The Morgan fingerprint density at radius 2 is 2.04 bits per heavy atom. The minimum atomic E-state index is -1.11. The Morgan fingerprint density at radius 1 is 1.31 bits per heavy atom. The van der Waals surface area contributed by atoms with Gasteiger partial charge in [0.1, 0.15) is 6.17 Å². The van der Waals surface area contributed by atoms with Crippen LogP contribution in [0.5, 0.6) is 0 Å². The molecule has 1 saturated carbocycles. The van der Waals surface area contributed by atoms with Gasteiger partial charge in [-0.3, -0.25) is 9.78 Å². The molecule has 0 bridgehead atoms. The highest BCUT2D eigenvalue weighted by Crippen LogP contribution is 2.39. The highest BCUT2D eigenvalue weighted by molar-refractivity contribution is 6.05. The fourth-order valence-corrected chi connectivity index (χ4v) is 3.49. The van der Waals surface area contributed by atoms with Crippen molar-refractivity contribution in [1.29, 1.82) is 0 Å². The normalized spacial score (nSPS) is 16.8. The summed E-state index contributed by atoms with van der Waals surface area (Å²) in [5.41, 5.74) is 10.7. The molecule has 1 aromatic carbocycles. The Labute approximate surface area is 154 Å². The summed E-state index contributed by atoms with van der Waals surface area (Å²) in [6.07, 6.45) is 4.52. The predicted molar refractivity (Wildman–Crippen MR) is 104 cm³/mol. The van der Waals surface area contributed by atoms with Gasteiger partial charge >= 0.3 is 0 Å². The number of hydrogen-bond donors (Lipinski definition) is 1. The van der Waals surface area contributed by atoms with Crippen LogP contribution in [0.4, 0.5) is 10.1 Å². The summed E-state index contributed by atoms with van der Waals surface area (Å²) in [4.78, 5) is 17.3. The van der Waals surface area contributed by atoms with Crippen LogP contribution in [0.1, 0.15) is 80.2 Å². The van der Waals surface area contributed by atoms with Gasteiger partial charge in [-0.2, -0.15) is 0 Å². The summed E-state index contributed by atoms with van der Waals surface area (Å²) in [6.45, 7) is 5.74. The molecule has 1 heterocycles. The van der Waals surface area contributed by atoms with Gasteiger partial charge < -0.3 is 5.73 Å². The van der Waals surface area contributed by atoms with E-state index in [-0.39, 0.29) is 17.6 Å². The third-order valence-electron chi connectivity index (χ3n) is 5.56. The number of carbonyl (C=O) groups is 1. The average molecular weight is 354 g/mol. The van der Waals surface area contributed by atoms with Crippen molar-refractivity contribution in [3.8, 4) is 11.1 Å². The van der Waals surface area contributed by atoms with Crippen molar-refractivity contribution in [2.75, 3.05) is 5.73 Å². The Hall–Kier alpha value is -2.23. The van der Waals surface area contributed by atoms with Crippen molar-refractivity contribution in [2.24, 2.45) is 5.92 Å². The maximum atomic E-state index is 13.5. The van der Waals surface area contributed by atoms with E-state index < -0.39 is 6.17 Å². The first kappa shape index (κ1) is 18.6. The number of Topliss-reactive ketones (excluding diaryl/α,β-unsaturated/α-hetero) is 1. The maximum absolute atomic E-state index is 13.5. The lowest BCUT2D eigenvalue weighted by atomic mass is 9.76. The van der Waals surface area contributed by atoms with Crippen LogP contribution in [0.3, 0.4) is 0 Å². The van der Waals surface area contributed by atoms with Gasteiger partial charge in [-0.05, 0) is 61.4 Å². The van der Waals surface area contributed by atoms with E-state index in [0.29, 0.717) is 16.9 Å². The molecule has 1 fully saturated rings. The van der Waals surface area contributed by atoms with Crippen molar-refractivity contribution < 1.29 is 9.18 Å². The highest BCUT2D eigenvalue weighted by atomic mass is 19.1. The van der Waals surface area contributed by atoms with Gasteiger partial charge in [-0.25, -0.2) is 4.39 Å². The van der Waals surface area contributed by atoms with Gasteiger partial charge in [0.25, 0.3) is 0 Å². The molecule has 3 nitrogen and oxygen atoms in total. The third kappa shape index (κ3) is 3.50. The van der Waals surface area contributed by atoms with Crippen molar-refractivity contribution >= 4 is 11.5 Å². The number of aromatic nitrogens is 1. The summed E-state index contributed by atoms with van der Waals surface area (Å²) in [5, 5.41) is 0. The SMILES string of the molecule is CCC(C)c1cc(N)cc(C(=O)C2CCC2)c1-c1ccc(C(C)F)nc1. The van der Waals surface area contributed by atoms with Gasteiger partial charge in [-0.1, -0.05) is 26.3 Å². The molecule has 2 N–H and O–H groups in total. The molecule has 4 heteroatoms. The molecular formula is C22H27FN2O. The topological polar surface area (TPSA) is 56.0 Å². The number of pyridine rings is 1. The Morgan fingerprint density at radius 3 is 2.54 bits per heavy atom. The fraction of sp³-hybridized carbons (Fsp3) is 0.455. The molecule has 26 heavy (non-hydrogen) atoms. The van der Waals surface area contributed by atoms with Gasteiger partial charge in [0.05, 0.1) is 5.69 Å². The van der Waals surface area contributed by atoms with Crippen molar-refractivity contribution in [1.82, 2.24) is 4.98 Å². The zero-order chi connectivity index (χ0) is 18.8. The quantitative estimate of drug-likeness (QED) is 0.522. The monoisotopic (exact) mass is 354 g/mol. The summed E-state index contributed by atoms with van der Waals surface area (Å²) in [6, 6.07) is 7.34. The molecule has 1 aliphatic carbocycles. The van der Waals surface area contributed by atoms with E-state index in [1.54, 1.807) is 18.3 Å². The van der Waals surface area contributed by atoms with E-state index in [1.165, 1.54) is 6.92 Å². The molecule has 0 radical (unpaired) electrons. The average Bonchev–Trinajstić information content (AvgIpc) is 2.58. The number of nitrogens with zero attached hydrogens (tertiary/aromatic N) is 1. The van der Waals surface area contributed by atoms with E-state index in [0.717, 1.165) is 42.4 Å². The van der Waals surface area contributed by atoms with Crippen LogP contribution in [0.15, 0.2) is 30.5 Å². The van der Waals surface area contributed by atoms with E-state index in [2.05, 4.69) is 18.8 Å². The van der Waals surface area contributed by atoms with Gasteiger partial charge in [0.2, 0.25) is 0 Å². The fourth-order valence-electron chi connectivity index (χ4n) is 3.49. The predicted octanol–water partition coefficient (Wildman–Crippen LogP) is 5.86. The second kappa shape index (κ2) is 7.56. The Kier molecular flexibility index (Phi) is 5.40. The number of benzene rings is 1. The number of halogens is 1. The summed E-state index contributed by atoms with van der Waals surface area (Å²) < 4.78 is 13.5. The van der Waals surface area contributed by atoms with Crippen LogP contribution < -0.4 is 5.73 Å². The maximum Gasteiger partial charge on any atom is 0.166 e. The van der Waals surface area contributed by atoms with Gasteiger partial charge in [0, 0.05) is 28.9 Å². The minimum Gasteiger partial charge on any atom is -0.399 e. The molecule has 2 atom stereocenters. The van der Waals surface area contributed by atoms with Crippen LogP contribution in [0.25, 0.3) is 11.1 Å². The summed E-state index contributed by atoms with van der Waals surface area (Å²) in [5.74, 6) is 0.533. The summed E-state index contributed by atoms with van der Waals surface area (Å²) in [7, 11) is 0. The molecule has 1 aromatic heterocycles. The number of anilines is 1. The number of nitrogen functional groups attached to an aromatic ring is 1. The largest absolute Gasteiger partial charge is 0.399 e. The number of carbonyl (C=O) groups excluding carboxylic acids is 1. The van der Waals surface area contributed by atoms with Crippen LogP contribution in [0, 0.1) is 5.92 Å². The second-order valence-electron chi connectivity index (χ2n) is 7.42. The van der Waals surface area contributed by atoms with Gasteiger partial charge in [0.15, 0.2) is 5.78 Å². The van der Waals surface area contributed by atoms with Crippen LogP contribution in [-0.2, 0) is 0 Å². The molecular weight excluding hydrogens is 327 g/mol.